The number of amides is 3. The van der Waals surface area contributed by atoms with Crippen LogP contribution in [-0.4, -0.2) is 42.3 Å². The minimum Gasteiger partial charge on any atom is -0.369 e. The molecule has 0 aliphatic carbocycles. The zero-order valence-electron chi connectivity index (χ0n) is 17.1. The number of benzene rings is 2. The number of rotatable bonds is 7. The number of anilines is 1. The van der Waals surface area contributed by atoms with Gasteiger partial charge in [0.15, 0.2) is 0 Å². The lowest BCUT2D eigenvalue weighted by Gasteiger charge is -2.30. The zero-order valence-corrected chi connectivity index (χ0v) is 17.1. The second-order valence-electron chi connectivity index (χ2n) is 7.68. The highest BCUT2D eigenvalue weighted by molar-refractivity contribution is 6.04. The smallest absolute Gasteiger partial charge is 0.253 e. The molecule has 0 spiro atoms. The number of hydrogen-bond acceptors (Lipinski definition) is 4. The van der Waals surface area contributed by atoms with E-state index in [9.17, 15) is 14.4 Å². The molecule has 1 aliphatic rings. The van der Waals surface area contributed by atoms with Crippen molar-refractivity contribution in [2.45, 2.75) is 25.8 Å². The summed E-state index contributed by atoms with van der Waals surface area (Å²) >= 11 is 0. The molecule has 1 heterocycles. The van der Waals surface area contributed by atoms with E-state index in [1.165, 1.54) is 0 Å². The molecule has 1 aliphatic heterocycles. The third-order valence-electron chi connectivity index (χ3n) is 5.37. The van der Waals surface area contributed by atoms with Crippen LogP contribution in [0.2, 0.25) is 0 Å². The van der Waals surface area contributed by atoms with Gasteiger partial charge < -0.3 is 16.4 Å². The molecule has 0 aromatic heterocycles. The van der Waals surface area contributed by atoms with E-state index in [-0.39, 0.29) is 36.2 Å². The Labute approximate surface area is 176 Å². The summed E-state index contributed by atoms with van der Waals surface area (Å²) in [5.41, 5.74) is 7.28. The topological polar surface area (TPSA) is 105 Å². The summed E-state index contributed by atoms with van der Waals surface area (Å²) in [4.78, 5) is 38.8. The molecule has 0 unspecified atom stereocenters. The van der Waals surface area contributed by atoms with Crippen molar-refractivity contribution in [1.82, 2.24) is 10.2 Å². The Morgan fingerprint density at radius 2 is 1.80 bits per heavy atom. The first kappa shape index (κ1) is 21.5. The molecule has 7 nitrogen and oxygen atoms in total. The van der Waals surface area contributed by atoms with Gasteiger partial charge in [-0.05, 0) is 44.0 Å². The van der Waals surface area contributed by atoms with Crippen LogP contribution < -0.4 is 16.4 Å². The summed E-state index contributed by atoms with van der Waals surface area (Å²) in [7, 11) is 0. The van der Waals surface area contributed by atoms with Crippen molar-refractivity contribution < 1.29 is 14.4 Å². The lowest BCUT2D eigenvalue weighted by Crippen LogP contribution is -2.44. The Morgan fingerprint density at radius 3 is 2.53 bits per heavy atom. The van der Waals surface area contributed by atoms with E-state index < -0.39 is 0 Å². The summed E-state index contributed by atoms with van der Waals surface area (Å²) in [6.45, 7) is 3.30. The van der Waals surface area contributed by atoms with Crippen molar-refractivity contribution in [2.75, 3.05) is 25.0 Å². The average molecular weight is 409 g/mol. The maximum absolute atomic E-state index is 12.8. The minimum atomic E-state index is -0.324. The van der Waals surface area contributed by atoms with Gasteiger partial charge in [-0.25, -0.2) is 0 Å². The molecule has 2 aromatic rings. The number of nitrogens with one attached hydrogen (secondary N) is 2. The van der Waals surface area contributed by atoms with E-state index in [2.05, 4.69) is 10.6 Å². The highest BCUT2D eigenvalue weighted by Gasteiger charge is 2.25. The van der Waals surface area contributed by atoms with Gasteiger partial charge >= 0.3 is 0 Å². The molecule has 2 aromatic carbocycles. The van der Waals surface area contributed by atoms with Gasteiger partial charge in [0.25, 0.3) is 5.91 Å². The number of nitrogens with zero attached hydrogens (tertiary/aromatic N) is 1. The fourth-order valence-electron chi connectivity index (χ4n) is 3.71. The van der Waals surface area contributed by atoms with Gasteiger partial charge in [-0.2, -0.15) is 0 Å². The van der Waals surface area contributed by atoms with Gasteiger partial charge in [0, 0.05) is 6.54 Å². The van der Waals surface area contributed by atoms with Crippen LogP contribution in [0.15, 0.2) is 54.6 Å². The minimum absolute atomic E-state index is 0.153. The molecule has 1 saturated heterocycles. The number of carbonyl (C=O) groups excluding carboxylic acids is 3. The zero-order chi connectivity index (χ0) is 21.5. The number of piperidine rings is 1. The van der Waals surface area contributed by atoms with E-state index in [0.29, 0.717) is 17.8 Å². The molecule has 3 amide bonds. The molecule has 0 bridgehead atoms. The molecule has 4 N–H and O–H groups in total. The Hall–Kier alpha value is -3.19. The fourth-order valence-corrected chi connectivity index (χ4v) is 3.71. The van der Waals surface area contributed by atoms with Crippen molar-refractivity contribution in [3.05, 3.63) is 65.7 Å². The van der Waals surface area contributed by atoms with Gasteiger partial charge in [-0.3, -0.25) is 19.3 Å². The number of para-hydroxylation sites is 1. The van der Waals surface area contributed by atoms with Gasteiger partial charge in [0.05, 0.1) is 29.8 Å². The molecule has 158 valence electrons. The van der Waals surface area contributed by atoms with Crippen LogP contribution in [0.3, 0.4) is 0 Å². The molecule has 30 heavy (non-hydrogen) atoms. The van der Waals surface area contributed by atoms with Crippen LogP contribution in [0.4, 0.5) is 5.69 Å². The second kappa shape index (κ2) is 10.0. The highest BCUT2D eigenvalue weighted by atomic mass is 16.2. The molecule has 3 rings (SSSR count). The van der Waals surface area contributed by atoms with E-state index in [1.54, 1.807) is 24.3 Å². The molecule has 0 radical (unpaired) electrons. The van der Waals surface area contributed by atoms with E-state index >= 15 is 0 Å². The van der Waals surface area contributed by atoms with Crippen LogP contribution in [-0.2, 0) is 9.59 Å². The molecule has 1 fully saturated rings. The summed E-state index contributed by atoms with van der Waals surface area (Å²) in [6.07, 6.45) is 1.59. The first-order valence-electron chi connectivity index (χ1n) is 10.2. The summed E-state index contributed by atoms with van der Waals surface area (Å²) in [5.74, 6) is -1.02. The molecule has 2 atom stereocenters. The van der Waals surface area contributed by atoms with Crippen molar-refractivity contribution >= 4 is 23.4 Å². The van der Waals surface area contributed by atoms with E-state index in [1.807, 2.05) is 42.2 Å². The lowest BCUT2D eigenvalue weighted by molar-refractivity contribution is -0.125. The van der Waals surface area contributed by atoms with Crippen molar-refractivity contribution in [1.29, 1.82) is 0 Å². The summed E-state index contributed by atoms with van der Waals surface area (Å²) < 4.78 is 0. The number of carbonyl (C=O) groups is 3. The van der Waals surface area contributed by atoms with Gasteiger partial charge in [0.1, 0.15) is 0 Å². The lowest BCUT2D eigenvalue weighted by atomic mass is 9.97. The van der Waals surface area contributed by atoms with Crippen molar-refractivity contribution in [3.63, 3.8) is 0 Å². The quantitative estimate of drug-likeness (QED) is 0.654. The highest BCUT2D eigenvalue weighted by Crippen LogP contribution is 2.19. The number of hydrogen-bond donors (Lipinski definition) is 3. The van der Waals surface area contributed by atoms with Crippen LogP contribution in [0, 0.1) is 5.92 Å². The van der Waals surface area contributed by atoms with Crippen LogP contribution in [0.5, 0.6) is 0 Å². The SMILES string of the molecule is C[C@@H](NC(=O)c1ccccc1NC(=O)CN1CCC[C@H](C(N)=O)C1)c1ccccc1. The van der Waals surface area contributed by atoms with E-state index in [0.717, 1.165) is 24.9 Å². The fraction of sp³-hybridized carbons (Fsp3) is 0.348. The molecular weight excluding hydrogens is 380 g/mol. The Balaban J connectivity index is 1.62. The number of primary amides is 1. The monoisotopic (exact) mass is 408 g/mol. The molecule has 7 heteroatoms. The summed E-state index contributed by atoms with van der Waals surface area (Å²) in [6, 6.07) is 16.5. The standard InChI is InChI=1S/C23H28N4O3/c1-16(17-8-3-2-4-9-17)25-23(30)19-11-5-6-12-20(19)26-21(28)15-27-13-7-10-18(14-27)22(24)29/h2-6,8-9,11-12,16,18H,7,10,13-15H2,1H3,(H2,24,29)(H,25,30)(H,26,28)/t16-,18+/m1/s1. The van der Waals surface area contributed by atoms with Crippen LogP contribution in [0.1, 0.15) is 41.7 Å². The predicted octanol–water partition coefficient (Wildman–Crippen LogP) is 2.31. The number of nitrogens with two attached hydrogens (primary N) is 1. The Morgan fingerprint density at radius 1 is 1.10 bits per heavy atom. The van der Waals surface area contributed by atoms with Gasteiger partial charge in [-0.15, -0.1) is 0 Å². The Bertz CT molecular complexity index is 900. The maximum Gasteiger partial charge on any atom is 0.253 e. The molecule has 0 saturated carbocycles. The second-order valence-corrected chi connectivity index (χ2v) is 7.68. The van der Waals surface area contributed by atoms with Gasteiger partial charge in [-0.1, -0.05) is 42.5 Å². The van der Waals surface area contributed by atoms with Crippen molar-refractivity contribution in [3.8, 4) is 0 Å². The third kappa shape index (κ3) is 5.67. The summed E-state index contributed by atoms with van der Waals surface area (Å²) in [5, 5.41) is 5.81. The number of likely N-dealkylation sites (tertiary alicyclic amines) is 1. The Kier molecular flexibility index (Phi) is 7.19. The maximum atomic E-state index is 12.8. The third-order valence-corrected chi connectivity index (χ3v) is 5.37. The normalized spacial score (nSPS) is 17.7. The van der Waals surface area contributed by atoms with E-state index in [4.69, 9.17) is 5.73 Å². The van der Waals surface area contributed by atoms with Crippen LogP contribution in [0.25, 0.3) is 0 Å². The molecular formula is C23H28N4O3. The predicted molar refractivity (Wildman–Crippen MR) is 116 cm³/mol. The largest absolute Gasteiger partial charge is 0.369 e. The first-order valence-corrected chi connectivity index (χ1v) is 10.2. The van der Waals surface area contributed by atoms with Crippen molar-refractivity contribution in [2.24, 2.45) is 11.7 Å². The average Bonchev–Trinajstić information content (AvgIpc) is 2.74. The van der Waals surface area contributed by atoms with Gasteiger partial charge in [0.2, 0.25) is 11.8 Å². The first-order chi connectivity index (χ1) is 14.4. The van der Waals surface area contributed by atoms with Crippen LogP contribution >= 0.6 is 0 Å².